The Balaban J connectivity index is 0.000000170. The fourth-order valence-electron chi connectivity index (χ4n) is 24.4. The molecule has 0 N–H and O–H groups in total. The van der Waals surface area contributed by atoms with Gasteiger partial charge < -0.3 is 71.7 Å². The van der Waals surface area contributed by atoms with Crippen molar-refractivity contribution >= 4 is 87.6 Å². The van der Waals surface area contributed by atoms with Crippen molar-refractivity contribution in [1.82, 2.24) is 44.6 Å². The Morgan fingerprint density at radius 1 is 0.370 bits per heavy atom. The Bertz CT molecular complexity index is 5170. The van der Waals surface area contributed by atoms with Crippen LogP contribution in [0.1, 0.15) is 290 Å². The van der Waals surface area contributed by atoms with E-state index in [1.165, 1.54) is 0 Å². The second-order valence-corrected chi connectivity index (χ2v) is 41.4. The van der Waals surface area contributed by atoms with Gasteiger partial charge >= 0.3 is 17.9 Å². The number of hydrogen-bond acceptors (Lipinski definition) is 24. The summed E-state index contributed by atoms with van der Waals surface area (Å²) >= 11 is 0. The number of aryl methyl sites for hydroxylation is 3. The average Bonchev–Trinajstić information content (AvgIpc) is 1.62. The van der Waals surface area contributed by atoms with Crippen molar-refractivity contribution in [2.45, 2.75) is 347 Å². The topological polar surface area (TPSA) is 324 Å². The van der Waals surface area contributed by atoms with Gasteiger partial charge in [-0.05, 0) is 218 Å². The molecule has 9 heterocycles. The molecule has 30 heteroatoms. The van der Waals surface area contributed by atoms with Crippen LogP contribution in [-0.2, 0) is 132 Å². The molecule has 9 fully saturated rings. The second kappa shape index (κ2) is 46.0. The summed E-state index contributed by atoms with van der Waals surface area (Å²) in [7, 11) is 4.86. The summed E-state index contributed by atoms with van der Waals surface area (Å²) in [6.45, 7) is 15.1. The first-order chi connectivity index (χ1) is 63.8. The first-order valence-electron chi connectivity index (χ1n) is 50.0. The Morgan fingerprint density at radius 2 is 0.704 bits per heavy atom. The van der Waals surface area contributed by atoms with E-state index in [0.29, 0.717) is 108 Å². The standard InChI is InChI=1S/C36H48N3O6.C35H46N3O6.C34H44N3O6.3V/c1-4-25-30(22-40)39-21-32(25)45-34-28(37-27-16-15-24(43-3)19-29(27)38-34)13-7-5-6-11-23-12-10-14-31(23)44-33(41)20-26(35(39)42)36(2)17-8-9-18-36;1-5-24-29(21-39)38-20-30(24)43-32-27(36-26-14-13-23(42-4)17-28(26)37-32)12-8-6-7-11-22-19-35(22,3)44-31(40)18-25(33(38)41)34(2)15-9-10-16-34;1-4-23-28(20-38)37-19-30(23)43-32-26(35-25-13-12-22(41-3)17-27(25)36-32)11-7-5-6-10-21-16-29(21)42-31(39)18-24(33(37)40)34(2)14-8-9-15-34;;;/h15-16,19,23,25-26,30-32H,4-14,17-18,20-21H2,1-3H3;13-14,17,22,24-25,29-30H,5-12,15-16,18-20H2,1-4H3;12-13,17,21,23-24,28-30H,4-11,14-16,18-19H2,1-3H3;;;/q3*-1;;;/t23-,25+,26-,30-,31-,32+;22-,24+,25-,29-,30+,35-;21-,23+,24-,28-,29-,30+;;;/m111.../s1. The molecular formula is C105H138N9O18V3-3. The van der Waals surface area contributed by atoms with Crippen molar-refractivity contribution < 1.29 is 141 Å². The molecule has 0 unspecified atom stereocenters. The molecule has 6 aromatic rings. The van der Waals surface area contributed by atoms with Crippen LogP contribution in [0.5, 0.6) is 34.9 Å². The molecular weight excluding hydrogens is 1830 g/mol. The molecule has 135 heavy (non-hydrogen) atoms. The van der Waals surface area contributed by atoms with Gasteiger partial charge in [0.25, 0.3) is 0 Å². The van der Waals surface area contributed by atoms with Gasteiger partial charge in [0.2, 0.25) is 35.4 Å². The number of hydrogen-bond donors (Lipinski definition) is 0. The Labute approximate surface area is 831 Å². The van der Waals surface area contributed by atoms with E-state index in [-0.39, 0.29) is 176 Å². The SMILES string of the molecule is CC[C@@H]1[C@@H]2CN(C(=O)[C@H](C3(C)CCCC3)CC(=O)O[C@@H]3CCC[C@H]3CCCCCc3nc4ccc(OC)cc4nc3O2)[C@@H]1[C-]=O.CC[C@@H]1[C@@H]2CN(C(=O)[C@H](C3(C)CCCC3)CC(=O)O[C@@H]3C[C@H]3CCCCCc3nc4ccc(OC)cc4nc3O2)[C@@H]1[C-]=O.CC[C@@H]1[C@@H]2CN(C(=O)[C@H](C3(C)CCCC3)CC(=O)O[C@]3(C)C[C@H]3CCCCCc3nc4ccc(OC)cc4nc3O2)[C@@H]1[C-]=O.[V].[V].[V]. The van der Waals surface area contributed by atoms with Crippen LogP contribution in [0.25, 0.3) is 33.1 Å². The molecule has 3 saturated heterocycles. The van der Waals surface area contributed by atoms with Crippen LogP contribution in [0.4, 0.5) is 0 Å². The number of benzene rings is 3. The zero-order valence-corrected chi connectivity index (χ0v) is 84.9. The fourth-order valence-corrected chi connectivity index (χ4v) is 24.4. The monoisotopic (exact) mass is 1970 g/mol. The average molecular weight is 1970 g/mol. The molecule has 0 spiro atoms. The van der Waals surface area contributed by atoms with Crippen molar-refractivity contribution in [3.05, 3.63) is 71.7 Å². The molecule has 3 aromatic carbocycles. The summed E-state index contributed by atoms with van der Waals surface area (Å²) in [6, 6.07) is 14.7. The molecule has 3 aromatic heterocycles. The zero-order valence-electron chi connectivity index (χ0n) is 80.7. The van der Waals surface area contributed by atoms with E-state index in [1.807, 2.05) is 82.3 Å². The summed E-state index contributed by atoms with van der Waals surface area (Å²) in [6.07, 6.45) is 37.5. The largest absolute Gasteiger partial charge is 0.540 e. The predicted octanol–water partition coefficient (Wildman–Crippen LogP) is 17.3. The van der Waals surface area contributed by atoms with E-state index in [2.05, 4.69) is 39.6 Å². The summed E-state index contributed by atoms with van der Waals surface area (Å²) in [5, 5.41) is 0. The van der Waals surface area contributed by atoms with Gasteiger partial charge in [0.05, 0.1) is 111 Å². The Morgan fingerprint density at radius 3 is 1.05 bits per heavy atom. The molecule has 6 saturated carbocycles. The minimum absolute atomic E-state index is 0. The normalized spacial score (nSPS) is 30.9. The van der Waals surface area contributed by atoms with Gasteiger partial charge in [-0.15, -0.1) is 0 Å². The number of ether oxygens (including phenoxy) is 9. The number of methoxy groups -OCH3 is 3. The van der Waals surface area contributed by atoms with Crippen molar-refractivity contribution in [2.75, 3.05) is 41.0 Å². The first kappa shape index (κ1) is 104. The van der Waals surface area contributed by atoms with Crippen LogP contribution in [0, 0.1) is 69.5 Å². The third-order valence-corrected chi connectivity index (χ3v) is 32.8. The molecule has 3 amide bonds. The van der Waals surface area contributed by atoms with E-state index in [9.17, 15) is 43.2 Å². The Kier molecular flexibility index (Phi) is 35.6. The number of aromatic nitrogens is 6. The summed E-state index contributed by atoms with van der Waals surface area (Å²) < 4.78 is 54.4. The second-order valence-electron chi connectivity index (χ2n) is 41.4. The van der Waals surface area contributed by atoms with Crippen LogP contribution < -0.4 is 28.4 Å². The maximum Gasteiger partial charge on any atom is 0.307 e. The third-order valence-electron chi connectivity index (χ3n) is 32.8. The van der Waals surface area contributed by atoms with Crippen molar-refractivity contribution in [2.24, 2.45) is 69.5 Å². The van der Waals surface area contributed by atoms with Crippen molar-refractivity contribution in [3.63, 3.8) is 0 Å². The molecule has 6 aliphatic heterocycles. The maximum atomic E-state index is 14.5. The molecule has 729 valence electrons. The van der Waals surface area contributed by atoms with E-state index >= 15 is 0 Å². The molecule has 3 radical (unpaired) electrons. The molecule has 18 atom stereocenters. The van der Waals surface area contributed by atoms with E-state index < -0.39 is 59.8 Å². The van der Waals surface area contributed by atoms with Gasteiger partial charge in [0.15, 0.2) is 0 Å². The molecule has 6 bridgehead atoms. The first-order valence-corrected chi connectivity index (χ1v) is 50.0. The van der Waals surface area contributed by atoms with Crippen molar-refractivity contribution in [1.29, 1.82) is 0 Å². The van der Waals surface area contributed by atoms with Gasteiger partial charge in [-0.1, -0.05) is 156 Å². The minimum atomic E-state index is -0.759. The summed E-state index contributed by atoms with van der Waals surface area (Å²) in [4.78, 5) is 156. The number of esters is 3. The molecule has 27 nitrogen and oxygen atoms in total. The van der Waals surface area contributed by atoms with Crippen molar-refractivity contribution in [3.8, 4) is 34.9 Å². The molecule has 6 aliphatic carbocycles. The molecule has 18 rings (SSSR count). The van der Waals surface area contributed by atoms with Gasteiger partial charge in [0, 0.05) is 79.8 Å². The fraction of sp³-hybridized carbons (Fsp3) is 0.686. The van der Waals surface area contributed by atoms with E-state index in [4.69, 9.17) is 72.5 Å². The van der Waals surface area contributed by atoms with Crippen LogP contribution in [0.15, 0.2) is 54.6 Å². The zero-order chi connectivity index (χ0) is 92.8. The predicted molar refractivity (Wildman–Crippen MR) is 495 cm³/mol. The summed E-state index contributed by atoms with van der Waals surface area (Å²) in [5.41, 5.74) is 5.29. The molecule has 12 aliphatic rings. The number of rotatable bonds is 12. The van der Waals surface area contributed by atoms with E-state index in [0.717, 1.165) is 220 Å². The quantitative estimate of drug-likeness (QED) is 0.0624. The van der Waals surface area contributed by atoms with Gasteiger partial charge in [-0.2, -0.15) is 0 Å². The number of fused-ring (bicyclic) bond motifs is 15. The Hall–Kier alpha value is -7.94. The smallest absolute Gasteiger partial charge is 0.307 e. The van der Waals surface area contributed by atoms with Gasteiger partial charge in [-0.25, -0.2) is 48.8 Å². The van der Waals surface area contributed by atoms with Crippen LogP contribution >= 0.6 is 0 Å². The number of carbonyl (C=O) groups excluding carboxylic acids is 9. The van der Waals surface area contributed by atoms with E-state index in [1.54, 1.807) is 36.0 Å². The number of carbonyl (C=O) groups is 6. The van der Waals surface area contributed by atoms with Gasteiger partial charge in [0.1, 0.15) is 70.5 Å². The van der Waals surface area contributed by atoms with Crippen LogP contribution in [0.3, 0.4) is 0 Å². The minimum Gasteiger partial charge on any atom is -0.540 e. The number of nitrogens with zero attached hydrogens (tertiary/aromatic N) is 9. The third kappa shape index (κ3) is 23.4. The van der Waals surface area contributed by atoms with Crippen LogP contribution in [-0.4, -0.2) is 194 Å². The summed E-state index contributed by atoms with van der Waals surface area (Å²) in [5.74, 6) is 0.704. The van der Waals surface area contributed by atoms with Gasteiger partial charge in [-0.3, -0.25) is 28.8 Å². The maximum absolute atomic E-state index is 14.5. The van der Waals surface area contributed by atoms with Crippen LogP contribution in [0.2, 0.25) is 0 Å². The number of amides is 3.